The molecular weight excluding hydrogens is 332 g/mol. The predicted molar refractivity (Wildman–Crippen MR) is 98.4 cm³/mol. The van der Waals surface area contributed by atoms with Crippen molar-refractivity contribution in [3.63, 3.8) is 0 Å². The molecule has 132 valence electrons. The average Bonchev–Trinajstić information content (AvgIpc) is 3.05. The standard InChI is InChI=1S/C20H24N2O2S/c23-25(24,17-4-2-1-3-5-17)18-7-8-19-15(14-18)6-9-20(19)22-16-10-12-21-13-11-16/h1-5,7-8,14,16,20-22H,6,9-13H2. The molecule has 2 aromatic rings. The fraction of sp³-hybridized carbons (Fsp3) is 0.400. The first-order chi connectivity index (χ1) is 12.1. The van der Waals surface area contributed by atoms with Crippen molar-refractivity contribution in [1.29, 1.82) is 0 Å². The van der Waals surface area contributed by atoms with Gasteiger partial charge in [0, 0.05) is 12.1 Å². The molecule has 2 aromatic carbocycles. The van der Waals surface area contributed by atoms with Crippen molar-refractivity contribution >= 4 is 9.84 Å². The summed E-state index contributed by atoms with van der Waals surface area (Å²) in [5.74, 6) is 0. The first-order valence-electron chi connectivity index (χ1n) is 9.04. The normalized spacial score (nSPS) is 21.2. The molecule has 25 heavy (non-hydrogen) atoms. The summed E-state index contributed by atoms with van der Waals surface area (Å²) >= 11 is 0. The predicted octanol–water partition coefficient (Wildman–Crippen LogP) is 2.85. The van der Waals surface area contributed by atoms with E-state index < -0.39 is 9.84 Å². The second-order valence-electron chi connectivity index (χ2n) is 6.96. The lowest BCUT2D eigenvalue weighted by Crippen LogP contribution is -2.41. The highest BCUT2D eigenvalue weighted by Crippen LogP contribution is 2.34. The van der Waals surface area contributed by atoms with Gasteiger partial charge in [-0.05, 0) is 74.2 Å². The average molecular weight is 356 g/mol. The largest absolute Gasteiger partial charge is 0.317 e. The van der Waals surface area contributed by atoms with Gasteiger partial charge >= 0.3 is 0 Å². The topological polar surface area (TPSA) is 58.2 Å². The van der Waals surface area contributed by atoms with Crippen molar-refractivity contribution in [2.24, 2.45) is 0 Å². The summed E-state index contributed by atoms with van der Waals surface area (Å²) in [5, 5.41) is 7.17. The minimum atomic E-state index is -3.43. The van der Waals surface area contributed by atoms with E-state index in [4.69, 9.17) is 0 Å². The van der Waals surface area contributed by atoms with Gasteiger partial charge in [0.2, 0.25) is 9.84 Å². The Labute approximate surface area is 149 Å². The number of sulfone groups is 1. The molecule has 4 nitrogen and oxygen atoms in total. The zero-order chi connectivity index (χ0) is 17.3. The van der Waals surface area contributed by atoms with Crippen LogP contribution in [0, 0.1) is 0 Å². The lowest BCUT2D eigenvalue weighted by Gasteiger charge is -2.27. The smallest absolute Gasteiger partial charge is 0.206 e. The molecule has 0 radical (unpaired) electrons. The van der Waals surface area contributed by atoms with E-state index in [-0.39, 0.29) is 0 Å². The molecule has 2 N–H and O–H groups in total. The SMILES string of the molecule is O=S(=O)(c1ccccc1)c1ccc2c(c1)CCC2NC1CCNCC1. The summed E-state index contributed by atoms with van der Waals surface area (Å²) in [6.45, 7) is 2.15. The van der Waals surface area contributed by atoms with Gasteiger partial charge in [-0.1, -0.05) is 24.3 Å². The maximum atomic E-state index is 12.8. The van der Waals surface area contributed by atoms with Crippen LogP contribution >= 0.6 is 0 Å². The van der Waals surface area contributed by atoms with E-state index >= 15 is 0 Å². The molecule has 1 atom stereocenters. The number of nitrogens with one attached hydrogen (secondary N) is 2. The van der Waals surface area contributed by atoms with Crippen molar-refractivity contribution in [3.8, 4) is 0 Å². The fourth-order valence-corrected chi connectivity index (χ4v) is 5.28. The number of rotatable bonds is 4. The number of piperidine rings is 1. The quantitative estimate of drug-likeness (QED) is 0.884. The third-order valence-electron chi connectivity index (χ3n) is 5.33. The van der Waals surface area contributed by atoms with Crippen molar-refractivity contribution in [2.75, 3.05) is 13.1 Å². The van der Waals surface area contributed by atoms with Crippen LogP contribution in [0.2, 0.25) is 0 Å². The molecule has 0 bridgehead atoms. The van der Waals surface area contributed by atoms with E-state index in [9.17, 15) is 8.42 Å². The second-order valence-corrected chi connectivity index (χ2v) is 8.91. The van der Waals surface area contributed by atoms with Gasteiger partial charge in [-0.25, -0.2) is 8.42 Å². The van der Waals surface area contributed by atoms with Crippen molar-refractivity contribution < 1.29 is 8.42 Å². The number of benzene rings is 2. The van der Waals surface area contributed by atoms with Gasteiger partial charge in [-0.2, -0.15) is 0 Å². The van der Waals surface area contributed by atoms with Crippen molar-refractivity contribution in [3.05, 3.63) is 59.7 Å². The van der Waals surface area contributed by atoms with E-state index in [1.54, 1.807) is 30.3 Å². The third-order valence-corrected chi connectivity index (χ3v) is 7.10. The zero-order valence-corrected chi connectivity index (χ0v) is 15.1. The first-order valence-corrected chi connectivity index (χ1v) is 10.5. The Morgan fingerprint density at radius 3 is 2.44 bits per heavy atom. The van der Waals surface area contributed by atoms with Crippen LogP contribution < -0.4 is 10.6 Å². The highest BCUT2D eigenvalue weighted by Gasteiger charge is 2.27. The van der Waals surface area contributed by atoms with Crippen LogP contribution in [0.4, 0.5) is 0 Å². The highest BCUT2D eigenvalue weighted by atomic mass is 32.2. The lowest BCUT2D eigenvalue weighted by atomic mass is 10.0. The fourth-order valence-electron chi connectivity index (χ4n) is 3.94. The van der Waals surface area contributed by atoms with Gasteiger partial charge in [0.1, 0.15) is 0 Å². The molecule has 0 saturated carbocycles. The molecule has 1 saturated heterocycles. The van der Waals surface area contributed by atoms with E-state index in [1.807, 2.05) is 18.2 Å². The highest BCUT2D eigenvalue weighted by molar-refractivity contribution is 7.91. The number of aryl methyl sites for hydroxylation is 1. The summed E-state index contributed by atoms with van der Waals surface area (Å²) in [4.78, 5) is 0.761. The molecule has 0 aromatic heterocycles. The molecule has 1 aliphatic carbocycles. The van der Waals surface area contributed by atoms with Crippen molar-refractivity contribution in [2.45, 2.75) is 47.6 Å². The van der Waals surface area contributed by atoms with Crippen LogP contribution in [0.25, 0.3) is 0 Å². The Balaban J connectivity index is 1.57. The minimum absolute atomic E-state index is 0.353. The maximum absolute atomic E-state index is 12.8. The van der Waals surface area contributed by atoms with Gasteiger partial charge in [0.15, 0.2) is 0 Å². The molecule has 1 fully saturated rings. The van der Waals surface area contributed by atoms with Gasteiger partial charge in [-0.3, -0.25) is 0 Å². The first kappa shape index (κ1) is 16.8. The monoisotopic (exact) mass is 356 g/mol. The summed E-state index contributed by atoms with van der Waals surface area (Å²) in [7, 11) is -3.43. The van der Waals surface area contributed by atoms with E-state index in [2.05, 4.69) is 10.6 Å². The summed E-state index contributed by atoms with van der Waals surface area (Å²) in [6.07, 6.45) is 4.31. The van der Waals surface area contributed by atoms with Crippen LogP contribution in [0.15, 0.2) is 58.3 Å². The molecule has 0 spiro atoms. The number of hydrogen-bond donors (Lipinski definition) is 2. The lowest BCUT2D eigenvalue weighted by molar-refractivity contribution is 0.349. The number of hydrogen-bond acceptors (Lipinski definition) is 4. The Morgan fingerprint density at radius 1 is 0.920 bits per heavy atom. The molecule has 4 rings (SSSR count). The maximum Gasteiger partial charge on any atom is 0.206 e. The Morgan fingerprint density at radius 2 is 1.68 bits per heavy atom. The Kier molecular flexibility index (Phi) is 4.63. The minimum Gasteiger partial charge on any atom is -0.317 e. The summed E-state index contributed by atoms with van der Waals surface area (Å²) < 4.78 is 25.6. The zero-order valence-electron chi connectivity index (χ0n) is 14.2. The Hall–Kier alpha value is -1.69. The molecule has 0 amide bonds. The van der Waals surface area contributed by atoms with Gasteiger partial charge in [0.05, 0.1) is 9.79 Å². The van der Waals surface area contributed by atoms with Crippen LogP contribution in [0.5, 0.6) is 0 Å². The molecule has 1 unspecified atom stereocenters. The van der Waals surface area contributed by atoms with E-state index in [0.717, 1.165) is 38.8 Å². The molecule has 1 heterocycles. The van der Waals surface area contributed by atoms with Crippen LogP contribution in [-0.2, 0) is 16.3 Å². The summed E-state index contributed by atoms with van der Waals surface area (Å²) in [5.41, 5.74) is 2.44. The molecular formula is C20H24N2O2S. The van der Waals surface area contributed by atoms with Crippen LogP contribution in [0.3, 0.4) is 0 Å². The molecule has 5 heteroatoms. The third kappa shape index (κ3) is 3.36. The molecule has 2 aliphatic rings. The number of fused-ring (bicyclic) bond motifs is 1. The van der Waals surface area contributed by atoms with E-state index in [1.165, 1.54) is 11.1 Å². The second kappa shape index (κ2) is 6.90. The van der Waals surface area contributed by atoms with Crippen molar-refractivity contribution in [1.82, 2.24) is 10.6 Å². The van der Waals surface area contributed by atoms with Gasteiger partial charge < -0.3 is 10.6 Å². The van der Waals surface area contributed by atoms with Crippen LogP contribution in [-0.4, -0.2) is 27.5 Å². The van der Waals surface area contributed by atoms with Crippen LogP contribution in [0.1, 0.15) is 36.4 Å². The Bertz CT molecular complexity index is 843. The van der Waals surface area contributed by atoms with Gasteiger partial charge in [0.25, 0.3) is 0 Å². The van der Waals surface area contributed by atoms with E-state index in [0.29, 0.717) is 21.9 Å². The van der Waals surface area contributed by atoms with Gasteiger partial charge in [-0.15, -0.1) is 0 Å². The molecule has 1 aliphatic heterocycles. The summed E-state index contributed by atoms with van der Waals surface area (Å²) in [6, 6.07) is 15.2.